The molecule has 1 aromatic rings. The Balaban J connectivity index is 2.39. The van der Waals surface area contributed by atoms with Crippen molar-refractivity contribution < 1.29 is 4.74 Å². The second kappa shape index (κ2) is 5.50. The summed E-state index contributed by atoms with van der Waals surface area (Å²) in [4.78, 5) is 0. The van der Waals surface area contributed by atoms with Gasteiger partial charge in [0.1, 0.15) is 0 Å². The van der Waals surface area contributed by atoms with E-state index in [9.17, 15) is 0 Å². The number of benzene rings is 1. The molecule has 0 saturated heterocycles. The minimum absolute atomic E-state index is 0.793. The number of anilines is 2. The lowest BCUT2D eigenvalue weighted by Crippen LogP contribution is -2.04. The third kappa shape index (κ3) is 3.26. The van der Waals surface area contributed by atoms with Crippen LogP contribution in [0.25, 0.3) is 0 Å². The summed E-state index contributed by atoms with van der Waals surface area (Å²) in [6.45, 7) is 3.73. The molecule has 3 heteroatoms. The van der Waals surface area contributed by atoms with Crippen LogP contribution in [0.3, 0.4) is 0 Å². The molecule has 0 unspecified atom stereocenters. The molecule has 0 saturated carbocycles. The van der Waals surface area contributed by atoms with Gasteiger partial charge < -0.3 is 15.8 Å². The van der Waals surface area contributed by atoms with Crippen molar-refractivity contribution in [3.05, 3.63) is 23.8 Å². The number of nitrogens with one attached hydrogen (secondary N) is 1. The van der Waals surface area contributed by atoms with Gasteiger partial charge in [-0.15, -0.1) is 0 Å². The Morgan fingerprint density at radius 1 is 1.43 bits per heavy atom. The predicted molar refractivity (Wildman–Crippen MR) is 60.6 cm³/mol. The fraction of sp³-hybridized carbons (Fsp3) is 0.455. The summed E-state index contributed by atoms with van der Waals surface area (Å²) in [6.07, 6.45) is 1.01. The zero-order valence-electron chi connectivity index (χ0n) is 8.84. The maximum Gasteiger partial charge on any atom is 0.0479 e. The topological polar surface area (TPSA) is 47.3 Å². The Morgan fingerprint density at radius 3 is 2.86 bits per heavy atom. The van der Waals surface area contributed by atoms with Gasteiger partial charge in [-0.2, -0.15) is 0 Å². The van der Waals surface area contributed by atoms with Crippen molar-refractivity contribution in [1.82, 2.24) is 0 Å². The number of ether oxygens (including phenoxy) is 1. The van der Waals surface area contributed by atoms with Crippen LogP contribution < -0.4 is 11.1 Å². The molecule has 0 aliphatic carbocycles. The Labute approximate surface area is 85.3 Å². The van der Waals surface area contributed by atoms with Gasteiger partial charge in [0, 0.05) is 31.6 Å². The number of methoxy groups -OCH3 is 1. The lowest BCUT2D eigenvalue weighted by Gasteiger charge is -2.07. The van der Waals surface area contributed by atoms with E-state index in [-0.39, 0.29) is 0 Å². The minimum atomic E-state index is 0.793. The van der Waals surface area contributed by atoms with E-state index >= 15 is 0 Å². The van der Waals surface area contributed by atoms with Crippen LogP contribution in [0.1, 0.15) is 12.0 Å². The van der Waals surface area contributed by atoms with Crippen LogP contribution in [-0.4, -0.2) is 20.3 Å². The Bertz CT molecular complexity index is 287. The molecule has 0 bridgehead atoms. The third-order valence-corrected chi connectivity index (χ3v) is 2.12. The summed E-state index contributed by atoms with van der Waals surface area (Å²) in [5.41, 5.74) is 8.79. The first-order valence-electron chi connectivity index (χ1n) is 4.83. The van der Waals surface area contributed by atoms with Gasteiger partial charge >= 0.3 is 0 Å². The van der Waals surface area contributed by atoms with E-state index in [1.165, 1.54) is 0 Å². The second-order valence-electron chi connectivity index (χ2n) is 3.34. The van der Waals surface area contributed by atoms with Gasteiger partial charge in [-0.25, -0.2) is 0 Å². The number of nitrogens with two attached hydrogens (primary N) is 1. The largest absolute Gasteiger partial charge is 0.399 e. The maximum atomic E-state index is 5.72. The van der Waals surface area contributed by atoms with Crippen LogP contribution in [0.4, 0.5) is 11.4 Å². The molecule has 0 aliphatic rings. The molecule has 3 N–H and O–H groups in total. The van der Waals surface area contributed by atoms with Crippen LogP contribution in [0.5, 0.6) is 0 Å². The molecule has 0 heterocycles. The summed E-state index contributed by atoms with van der Waals surface area (Å²) in [5.74, 6) is 0. The van der Waals surface area contributed by atoms with Gasteiger partial charge in [-0.1, -0.05) is 0 Å². The summed E-state index contributed by atoms with van der Waals surface area (Å²) >= 11 is 0. The van der Waals surface area contributed by atoms with Crippen LogP contribution >= 0.6 is 0 Å². The molecule has 0 aromatic heterocycles. The number of rotatable bonds is 5. The van der Waals surface area contributed by atoms with Crippen molar-refractivity contribution in [1.29, 1.82) is 0 Å². The molecule has 1 rings (SSSR count). The number of hydrogen-bond acceptors (Lipinski definition) is 3. The van der Waals surface area contributed by atoms with Gasteiger partial charge in [0.05, 0.1) is 0 Å². The highest BCUT2D eigenvalue weighted by molar-refractivity contribution is 5.56. The van der Waals surface area contributed by atoms with E-state index in [2.05, 4.69) is 11.4 Å². The molecular formula is C11H18N2O. The van der Waals surface area contributed by atoms with E-state index < -0.39 is 0 Å². The highest BCUT2D eigenvalue weighted by Gasteiger charge is 1.95. The van der Waals surface area contributed by atoms with Crippen LogP contribution in [0.15, 0.2) is 18.2 Å². The van der Waals surface area contributed by atoms with Gasteiger partial charge in [0.25, 0.3) is 0 Å². The molecule has 3 nitrogen and oxygen atoms in total. The van der Waals surface area contributed by atoms with Crippen LogP contribution in [0, 0.1) is 6.92 Å². The van der Waals surface area contributed by atoms with E-state index in [0.717, 1.165) is 36.5 Å². The molecule has 0 radical (unpaired) electrons. The summed E-state index contributed by atoms with van der Waals surface area (Å²) in [7, 11) is 1.72. The minimum Gasteiger partial charge on any atom is -0.399 e. The standard InChI is InChI=1S/C11H18N2O/c1-9-8-10(4-5-11(9)12)13-6-3-7-14-2/h4-5,8,13H,3,6-7,12H2,1-2H3. The molecule has 0 spiro atoms. The third-order valence-electron chi connectivity index (χ3n) is 2.12. The van der Waals surface area contributed by atoms with Crippen molar-refractivity contribution in [3.8, 4) is 0 Å². The van der Waals surface area contributed by atoms with Crippen molar-refractivity contribution >= 4 is 11.4 Å². The SMILES string of the molecule is COCCCNc1ccc(N)c(C)c1. The molecule has 1 aromatic carbocycles. The average molecular weight is 194 g/mol. The molecule has 0 atom stereocenters. The first-order chi connectivity index (χ1) is 6.74. The highest BCUT2D eigenvalue weighted by atomic mass is 16.5. The number of hydrogen-bond donors (Lipinski definition) is 2. The first kappa shape index (κ1) is 10.9. The Morgan fingerprint density at radius 2 is 2.21 bits per heavy atom. The molecule has 0 amide bonds. The van der Waals surface area contributed by atoms with Gasteiger partial charge in [-0.3, -0.25) is 0 Å². The van der Waals surface area contributed by atoms with Crippen molar-refractivity contribution in [2.24, 2.45) is 0 Å². The summed E-state index contributed by atoms with van der Waals surface area (Å²) < 4.78 is 4.96. The van der Waals surface area contributed by atoms with E-state index in [0.29, 0.717) is 0 Å². The van der Waals surface area contributed by atoms with Crippen LogP contribution in [-0.2, 0) is 4.74 Å². The fourth-order valence-electron chi connectivity index (χ4n) is 1.23. The van der Waals surface area contributed by atoms with Gasteiger partial charge in [0.2, 0.25) is 0 Å². The zero-order chi connectivity index (χ0) is 10.4. The second-order valence-corrected chi connectivity index (χ2v) is 3.34. The molecule has 14 heavy (non-hydrogen) atoms. The van der Waals surface area contributed by atoms with E-state index in [4.69, 9.17) is 10.5 Å². The lowest BCUT2D eigenvalue weighted by molar-refractivity contribution is 0.198. The van der Waals surface area contributed by atoms with E-state index in [1.54, 1.807) is 7.11 Å². The summed E-state index contributed by atoms with van der Waals surface area (Å²) in [5, 5.41) is 3.31. The van der Waals surface area contributed by atoms with Crippen molar-refractivity contribution in [2.75, 3.05) is 31.3 Å². The van der Waals surface area contributed by atoms with Gasteiger partial charge in [-0.05, 0) is 37.1 Å². The number of nitrogen functional groups attached to an aromatic ring is 1. The van der Waals surface area contributed by atoms with Crippen molar-refractivity contribution in [3.63, 3.8) is 0 Å². The maximum absolute atomic E-state index is 5.72. The zero-order valence-corrected chi connectivity index (χ0v) is 8.84. The summed E-state index contributed by atoms with van der Waals surface area (Å²) in [6, 6.07) is 5.98. The monoisotopic (exact) mass is 194 g/mol. The van der Waals surface area contributed by atoms with Crippen LogP contribution in [0.2, 0.25) is 0 Å². The fourth-order valence-corrected chi connectivity index (χ4v) is 1.23. The quantitative estimate of drug-likeness (QED) is 0.557. The smallest absolute Gasteiger partial charge is 0.0479 e. The Hall–Kier alpha value is -1.22. The molecule has 0 fully saturated rings. The normalized spacial score (nSPS) is 10.1. The predicted octanol–water partition coefficient (Wildman–Crippen LogP) is 2.03. The van der Waals surface area contributed by atoms with Crippen molar-refractivity contribution in [2.45, 2.75) is 13.3 Å². The highest BCUT2D eigenvalue weighted by Crippen LogP contribution is 2.16. The average Bonchev–Trinajstić information content (AvgIpc) is 2.18. The Kier molecular flexibility index (Phi) is 4.26. The molecule has 0 aliphatic heterocycles. The molecule has 78 valence electrons. The number of aryl methyl sites for hydroxylation is 1. The first-order valence-corrected chi connectivity index (χ1v) is 4.83. The van der Waals surface area contributed by atoms with Gasteiger partial charge in [0.15, 0.2) is 0 Å². The molecular weight excluding hydrogens is 176 g/mol. The van der Waals surface area contributed by atoms with E-state index in [1.807, 2.05) is 19.1 Å². The lowest BCUT2D eigenvalue weighted by atomic mass is 10.2.